The Kier molecular flexibility index (Phi) is 8.80. The lowest BCUT2D eigenvalue weighted by Gasteiger charge is -2.05. The van der Waals surface area contributed by atoms with Crippen molar-refractivity contribution in [2.24, 2.45) is 0 Å². The Bertz CT molecular complexity index is 1030. The highest BCUT2D eigenvalue weighted by Gasteiger charge is 2.15. The van der Waals surface area contributed by atoms with Crippen LogP contribution in [-0.4, -0.2) is 26.8 Å². The number of hydrogen-bond acceptors (Lipinski definition) is 3. The summed E-state index contributed by atoms with van der Waals surface area (Å²) in [6.07, 6.45) is 6.08. The Balaban J connectivity index is 1.91. The summed E-state index contributed by atoms with van der Waals surface area (Å²) < 4.78 is 0. The monoisotopic (exact) mass is 454 g/mol. The fourth-order valence-electron chi connectivity index (χ4n) is 3.24. The minimum Gasteiger partial charge on any atom is -0.478 e. The summed E-state index contributed by atoms with van der Waals surface area (Å²) in [6, 6.07) is 17.3. The average Bonchev–Trinajstić information content (AvgIpc) is 3.14. The van der Waals surface area contributed by atoms with Crippen LogP contribution in [0.4, 0.5) is 0 Å². The first-order valence-corrected chi connectivity index (χ1v) is 11.9. The second-order valence-corrected chi connectivity index (χ2v) is 8.86. The maximum Gasteiger partial charge on any atom is 0.331 e. The van der Waals surface area contributed by atoms with Crippen LogP contribution in [-0.2, 0) is 17.6 Å². The number of carbonyl (C=O) groups is 1. The zero-order valence-corrected chi connectivity index (χ0v) is 19.2. The van der Waals surface area contributed by atoms with E-state index in [2.05, 4.69) is 11.9 Å². The number of hydrogen-bond donors (Lipinski definition) is 2. The molecular weight excluding hydrogens is 428 g/mol. The van der Waals surface area contributed by atoms with Crippen molar-refractivity contribution in [2.75, 3.05) is 5.75 Å². The summed E-state index contributed by atoms with van der Waals surface area (Å²) in [5.41, 5.74) is 3.77. The predicted octanol–water partition coefficient (Wildman–Crippen LogP) is 6.65. The van der Waals surface area contributed by atoms with Gasteiger partial charge in [0.1, 0.15) is 0 Å². The molecule has 0 saturated carbocycles. The lowest BCUT2D eigenvalue weighted by Crippen LogP contribution is -2.04. The van der Waals surface area contributed by atoms with Gasteiger partial charge in [-0.1, -0.05) is 91.7 Å². The standard InChI is InChI=1S/C25H27ClN2O2S/c1-2-3-9-14-31-25-27-22(16-19-12-7-8-13-21(19)26)23(28-25)17-20(24(29)30)15-18-10-5-4-6-11-18/h4-8,10-13,17H,2-3,9,14-16H2,1H3,(H,27,28)(H,29,30)/b20-17+. The van der Waals surface area contributed by atoms with Gasteiger partial charge in [-0.2, -0.15) is 0 Å². The van der Waals surface area contributed by atoms with E-state index in [0.29, 0.717) is 29.1 Å². The van der Waals surface area contributed by atoms with Crippen LogP contribution in [0.15, 0.2) is 65.3 Å². The van der Waals surface area contributed by atoms with Crippen LogP contribution in [0.25, 0.3) is 6.08 Å². The molecule has 4 nitrogen and oxygen atoms in total. The molecule has 3 aromatic rings. The van der Waals surface area contributed by atoms with Crippen LogP contribution < -0.4 is 0 Å². The fraction of sp³-hybridized carbons (Fsp3) is 0.280. The number of H-pyrrole nitrogens is 1. The third-order valence-electron chi connectivity index (χ3n) is 4.92. The first-order valence-electron chi connectivity index (χ1n) is 10.5. The van der Waals surface area contributed by atoms with Crippen molar-refractivity contribution in [3.63, 3.8) is 0 Å². The van der Waals surface area contributed by atoms with Crippen molar-refractivity contribution < 1.29 is 9.90 Å². The third-order valence-corrected chi connectivity index (χ3v) is 6.25. The highest BCUT2D eigenvalue weighted by molar-refractivity contribution is 7.99. The Morgan fingerprint density at radius 1 is 1.13 bits per heavy atom. The van der Waals surface area contributed by atoms with Gasteiger partial charge in [0.2, 0.25) is 0 Å². The number of benzene rings is 2. The van der Waals surface area contributed by atoms with E-state index in [1.165, 1.54) is 12.8 Å². The van der Waals surface area contributed by atoms with Crippen LogP contribution >= 0.6 is 23.4 Å². The quantitative estimate of drug-likeness (QED) is 0.193. The lowest BCUT2D eigenvalue weighted by atomic mass is 10.0. The number of aromatic amines is 1. The molecule has 0 aliphatic heterocycles. The fourth-order valence-corrected chi connectivity index (χ4v) is 4.35. The summed E-state index contributed by atoms with van der Waals surface area (Å²) in [7, 11) is 0. The van der Waals surface area contributed by atoms with E-state index in [-0.39, 0.29) is 0 Å². The van der Waals surface area contributed by atoms with Crippen molar-refractivity contribution in [3.8, 4) is 0 Å². The number of carboxylic acid groups (broad SMARTS) is 1. The maximum absolute atomic E-state index is 12.0. The molecule has 6 heteroatoms. The molecule has 0 saturated heterocycles. The number of nitrogens with zero attached hydrogens (tertiary/aromatic N) is 1. The summed E-state index contributed by atoms with van der Waals surface area (Å²) in [4.78, 5) is 20.1. The minimum absolute atomic E-state index is 0.306. The van der Waals surface area contributed by atoms with E-state index >= 15 is 0 Å². The van der Waals surface area contributed by atoms with Crippen LogP contribution in [0, 0.1) is 0 Å². The number of unbranched alkanes of at least 4 members (excludes halogenated alkanes) is 2. The molecule has 1 heterocycles. The summed E-state index contributed by atoms with van der Waals surface area (Å²) in [5, 5.41) is 11.3. The van der Waals surface area contributed by atoms with Crippen LogP contribution in [0.2, 0.25) is 5.02 Å². The molecule has 0 amide bonds. The van der Waals surface area contributed by atoms with Crippen molar-refractivity contribution in [3.05, 3.63) is 87.7 Å². The number of imidazole rings is 1. The Morgan fingerprint density at radius 3 is 2.58 bits per heavy atom. The van der Waals surface area contributed by atoms with Gasteiger partial charge in [-0.05, 0) is 29.7 Å². The van der Waals surface area contributed by atoms with E-state index < -0.39 is 5.97 Å². The number of thioether (sulfide) groups is 1. The molecule has 2 N–H and O–H groups in total. The smallest absolute Gasteiger partial charge is 0.331 e. The summed E-state index contributed by atoms with van der Waals surface area (Å²) in [5.74, 6) is 0.0407. The van der Waals surface area contributed by atoms with Gasteiger partial charge >= 0.3 is 5.97 Å². The zero-order chi connectivity index (χ0) is 22.1. The van der Waals surface area contributed by atoms with Gasteiger partial charge in [0.15, 0.2) is 5.16 Å². The Hall–Kier alpha value is -2.50. The van der Waals surface area contributed by atoms with Gasteiger partial charge in [0.25, 0.3) is 0 Å². The highest BCUT2D eigenvalue weighted by Crippen LogP contribution is 2.25. The second kappa shape index (κ2) is 11.8. The number of nitrogens with one attached hydrogen (secondary N) is 1. The molecule has 162 valence electrons. The molecule has 0 radical (unpaired) electrons. The van der Waals surface area contributed by atoms with Gasteiger partial charge in [-0.15, -0.1) is 0 Å². The first kappa shape index (κ1) is 23.2. The SMILES string of the molecule is CCCCCSc1nc(/C=C(\Cc2ccccc2)C(=O)O)c(Cc2ccccc2Cl)[nH]1. The number of aliphatic carboxylic acids is 1. The summed E-state index contributed by atoms with van der Waals surface area (Å²) in [6.45, 7) is 2.18. The molecule has 31 heavy (non-hydrogen) atoms. The molecular formula is C25H27ClN2O2S. The van der Waals surface area contributed by atoms with E-state index in [4.69, 9.17) is 16.6 Å². The van der Waals surface area contributed by atoms with Crippen molar-refractivity contribution in [2.45, 2.75) is 44.2 Å². The van der Waals surface area contributed by atoms with Gasteiger partial charge in [0.05, 0.1) is 5.69 Å². The number of rotatable bonds is 11. The second-order valence-electron chi connectivity index (χ2n) is 7.37. The molecule has 2 aromatic carbocycles. The molecule has 1 aromatic heterocycles. The predicted molar refractivity (Wildman–Crippen MR) is 129 cm³/mol. The third kappa shape index (κ3) is 7.01. The molecule has 0 fully saturated rings. The Morgan fingerprint density at radius 2 is 1.87 bits per heavy atom. The first-order chi connectivity index (χ1) is 15.1. The topological polar surface area (TPSA) is 66.0 Å². The van der Waals surface area contributed by atoms with Gasteiger partial charge in [-0.3, -0.25) is 0 Å². The number of halogens is 1. The van der Waals surface area contributed by atoms with Crippen LogP contribution in [0.5, 0.6) is 0 Å². The summed E-state index contributed by atoms with van der Waals surface area (Å²) >= 11 is 8.04. The number of carboxylic acids is 1. The van der Waals surface area contributed by atoms with Crippen molar-refractivity contribution in [1.82, 2.24) is 9.97 Å². The molecule has 0 atom stereocenters. The minimum atomic E-state index is -0.937. The van der Waals surface area contributed by atoms with Crippen molar-refractivity contribution in [1.29, 1.82) is 0 Å². The molecule has 0 aliphatic carbocycles. The Labute approximate surface area is 192 Å². The molecule has 0 unspecified atom stereocenters. The molecule has 3 rings (SSSR count). The molecule has 0 spiro atoms. The van der Waals surface area contributed by atoms with E-state index in [0.717, 1.165) is 34.2 Å². The molecule has 0 bridgehead atoms. The largest absolute Gasteiger partial charge is 0.478 e. The van der Waals surface area contributed by atoms with Gasteiger partial charge in [0, 0.05) is 34.9 Å². The van der Waals surface area contributed by atoms with E-state index in [9.17, 15) is 9.90 Å². The van der Waals surface area contributed by atoms with Crippen LogP contribution in [0.1, 0.15) is 48.7 Å². The number of aromatic nitrogens is 2. The van der Waals surface area contributed by atoms with E-state index in [1.807, 2.05) is 54.6 Å². The lowest BCUT2D eigenvalue weighted by molar-refractivity contribution is -0.132. The van der Waals surface area contributed by atoms with Crippen LogP contribution in [0.3, 0.4) is 0 Å². The normalized spacial score (nSPS) is 11.6. The maximum atomic E-state index is 12.0. The zero-order valence-electron chi connectivity index (χ0n) is 17.6. The highest BCUT2D eigenvalue weighted by atomic mass is 35.5. The van der Waals surface area contributed by atoms with Gasteiger partial charge < -0.3 is 10.1 Å². The molecule has 0 aliphatic rings. The van der Waals surface area contributed by atoms with Crippen molar-refractivity contribution >= 4 is 35.4 Å². The average molecular weight is 455 g/mol. The van der Waals surface area contributed by atoms with Gasteiger partial charge in [-0.25, -0.2) is 9.78 Å². The van der Waals surface area contributed by atoms with E-state index in [1.54, 1.807) is 17.8 Å².